The SMILES string of the molecule is CC(C)Oc1ccccc1NC(=O)COC(C)(C)C. The minimum Gasteiger partial charge on any atom is -0.489 e. The van der Waals surface area contributed by atoms with Crippen LogP contribution < -0.4 is 10.1 Å². The summed E-state index contributed by atoms with van der Waals surface area (Å²) in [6.45, 7) is 9.66. The maximum absolute atomic E-state index is 11.8. The van der Waals surface area contributed by atoms with Crippen LogP contribution in [-0.4, -0.2) is 24.2 Å². The first-order valence-electron chi connectivity index (χ1n) is 6.47. The van der Waals surface area contributed by atoms with Crippen molar-refractivity contribution >= 4 is 11.6 Å². The van der Waals surface area contributed by atoms with Crippen LogP contribution in [0, 0.1) is 0 Å². The number of anilines is 1. The van der Waals surface area contributed by atoms with Gasteiger partial charge in [0.05, 0.1) is 17.4 Å². The standard InChI is InChI=1S/C15H23NO3/c1-11(2)19-13-9-7-6-8-12(13)16-14(17)10-18-15(3,4)5/h6-9,11H,10H2,1-5H3,(H,16,17). The Morgan fingerprint density at radius 2 is 1.89 bits per heavy atom. The zero-order chi connectivity index (χ0) is 14.5. The van der Waals surface area contributed by atoms with Crippen molar-refractivity contribution in [3.05, 3.63) is 24.3 Å². The quantitative estimate of drug-likeness (QED) is 0.889. The molecular weight excluding hydrogens is 242 g/mol. The Kier molecular flexibility index (Phi) is 5.36. The lowest BCUT2D eigenvalue weighted by Crippen LogP contribution is -2.27. The molecule has 0 atom stereocenters. The Morgan fingerprint density at radius 1 is 1.26 bits per heavy atom. The summed E-state index contributed by atoms with van der Waals surface area (Å²) in [5, 5.41) is 2.80. The monoisotopic (exact) mass is 265 g/mol. The first-order valence-corrected chi connectivity index (χ1v) is 6.47. The van der Waals surface area contributed by atoms with E-state index in [0.717, 1.165) is 0 Å². The minimum absolute atomic E-state index is 0.0273. The third kappa shape index (κ3) is 6.25. The first-order chi connectivity index (χ1) is 8.78. The predicted octanol–water partition coefficient (Wildman–Crippen LogP) is 3.23. The van der Waals surface area contributed by atoms with Gasteiger partial charge in [0.25, 0.3) is 0 Å². The maximum Gasteiger partial charge on any atom is 0.250 e. The molecule has 19 heavy (non-hydrogen) atoms. The molecule has 4 heteroatoms. The fourth-order valence-electron chi connectivity index (χ4n) is 1.39. The molecule has 1 amide bonds. The van der Waals surface area contributed by atoms with Crippen LogP contribution in [0.3, 0.4) is 0 Å². The van der Waals surface area contributed by atoms with Crippen molar-refractivity contribution < 1.29 is 14.3 Å². The van der Waals surface area contributed by atoms with Crippen molar-refractivity contribution in [3.63, 3.8) is 0 Å². The maximum atomic E-state index is 11.8. The lowest BCUT2D eigenvalue weighted by atomic mass is 10.2. The van der Waals surface area contributed by atoms with E-state index in [2.05, 4.69) is 5.32 Å². The van der Waals surface area contributed by atoms with E-state index in [0.29, 0.717) is 11.4 Å². The fourth-order valence-corrected chi connectivity index (χ4v) is 1.39. The van der Waals surface area contributed by atoms with Gasteiger partial charge < -0.3 is 14.8 Å². The van der Waals surface area contributed by atoms with Gasteiger partial charge in [0, 0.05) is 0 Å². The third-order valence-corrected chi connectivity index (χ3v) is 2.16. The molecule has 0 aliphatic heterocycles. The van der Waals surface area contributed by atoms with Gasteiger partial charge in [-0.2, -0.15) is 0 Å². The van der Waals surface area contributed by atoms with Crippen LogP contribution in [-0.2, 0) is 9.53 Å². The molecule has 0 spiro atoms. The Morgan fingerprint density at radius 3 is 2.47 bits per heavy atom. The van der Waals surface area contributed by atoms with Crippen molar-refractivity contribution in [2.45, 2.75) is 46.3 Å². The zero-order valence-electron chi connectivity index (χ0n) is 12.3. The van der Waals surface area contributed by atoms with Crippen molar-refractivity contribution in [3.8, 4) is 5.75 Å². The topological polar surface area (TPSA) is 47.6 Å². The van der Waals surface area contributed by atoms with Gasteiger partial charge in [-0.1, -0.05) is 12.1 Å². The Labute approximate surface area is 115 Å². The number of amides is 1. The average Bonchev–Trinajstić information content (AvgIpc) is 2.27. The summed E-state index contributed by atoms with van der Waals surface area (Å²) in [6.07, 6.45) is 0.0591. The van der Waals surface area contributed by atoms with E-state index in [1.165, 1.54) is 0 Å². The van der Waals surface area contributed by atoms with Crippen LogP contribution >= 0.6 is 0 Å². The third-order valence-electron chi connectivity index (χ3n) is 2.16. The van der Waals surface area contributed by atoms with Crippen LogP contribution in [0.2, 0.25) is 0 Å². The molecule has 106 valence electrons. The van der Waals surface area contributed by atoms with Gasteiger partial charge >= 0.3 is 0 Å². The molecule has 0 aromatic heterocycles. The van der Waals surface area contributed by atoms with Gasteiger partial charge in [0.2, 0.25) is 5.91 Å². The molecule has 0 fully saturated rings. The number of benzene rings is 1. The Balaban J connectivity index is 2.63. The highest BCUT2D eigenvalue weighted by molar-refractivity contribution is 5.93. The van der Waals surface area contributed by atoms with Crippen LogP contribution in [0.1, 0.15) is 34.6 Å². The number of nitrogens with one attached hydrogen (secondary N) is 1. The lowest BCUT2D eigenvalue weighted by Gasteiger charge is -2.19. The molecule has 1 N–H and O–H groups in total. The van der Waals surface area contributed by atoms with Crippen molar-refractivity contribution in [2.75, 3.05) is 11.9 Å². The van der Waals surface area contributed by atoms with Crippen LogP contribution in [0.5, 0.6) is 5.75 Å². The first kappa shape index (κ1) is 15.5. The lowest BCUT2D eigenvalue weighted by molar-refractivity contribution is -0.125. The van der Waals surface area contributed by atoms with Crippen LogP contribution in [0.4, 0.5) is 5.69 Å². The molecule has 0 bridgehead atoms. The largest absolute Gasteiger partial charge is 0.489 e. The van der Waals surface area contributed by atoms with Gasteiger partial charge in [-0.05, 0) is 46.8 Å². The minimum atomic E-state index is -0.328. The smallest absolute Gasteiger partial charge is 0.250 e. The fraction of sp³-hybridized carbons (Fsp3) is 0.533. The van der Waals surface area contributed by atoms with E-state index in [9.17, 15) is 4.79 Å². The molecule has 0 aliphatic carbocycles. The molecule has 0 saturated carbocycles. The van der Waals surface area contributed by atoms with E-state index in [1.807, 2.05) is 58.9 Å². The van der Waals surface area contributed by atoms with Gasteiger partial charge in [-0.3, -0.25) is 4.79 Å². The van der Waals surface area contributed by atoms with E-state index in [1.54, 1.807) is 0 Å². The van der Waals surface area contributed by atoms with Crippen LogP contribution in [0.25, 0.3) is 0 Å². The summed E-state index contributed by atoms with van der Waals surface area (Å²) in [4.78, 5) is 11.8. The number of carbonyl (C=O) groups excluding carboxylic acids is 1. The van der Waals surface area contributed by atoms with Gasteiger partial charge in [0.15, 0.2) is 0 Å². The van der Waals surface area contributed by atoms with Crippen molar-refractivity contribution in [1.82, 2.24) is 0 Å². The zero-order valence-corrected chi connectivity index (χ0v) is 12.3. The highest BCUT2D eigenvalue weighted by atomic mass is 16.5. The summed E-state index contributed by atoms with van der Waals surface area (Å²) in [6, 6.07) is 7.37. The number of ether oxygens (including phenoxy) is 2. The molecule has 1 aromatic carbocycles. The summed E-state index contributed by atoms with van der Waals surface area (Å²) >= 11 is 0. The molecule has 0 radical (unpaired) electrons. The molecule has 0 heterocycles. The molecular formula is C15H23NO3. The normalized spacial score (nSPS) is 11.5. The number of carbonyl (C=O) groups is 1. The number of para-hydroxylation sites is 2. The number of rotatable bonds is 5. The molecule has 0 unspecified atom stereocenters. The van der Waals surface area contributed by atoms with Gasteiger partial charge in [-0.15, -0.1) is 0 Å². The second-order valence-corrected chi connectivity index (χ2v) is 5.61. The molecule has 0 saturated heterocycles. The average molecular weight is 265 g/mol. The molecule has 4 nitrogen and oxygen atoms in total. The van der Waals surface area contributed by atoms with Gasteiger partial charge in [0.1, 0.15) is 12.4 Å². The second kappa shape index (κ2) is 6.57. The summed E-state index contributed by atoms with van der Waals surface area (Å²) in [5.41, 5.74) is 0.337. The highest BCUT2D eigenvalue weighted by Gasteiger charge is 2.14. The number of hydrogen-bond acceptors (Lipinski definition) is 3. The van der Waals surface area contributed by atoms with E-state index in [4.69, 9.17) is 9.47 Å². The number of hydrogen-bond donors (Lipinski definition) is 1. The summed E-state index contributed by atoms with van der Waals surface area (Å²) < 4.78 is 11.1. The molecule has 0 aliphatic rings. The molecule has 1 rings (SSSR count). The van der Waals surface area contributed by atoms with E-state index in [-0.39, 0.29) is 24.2 Å². The van der Waals surface area contributed by atoms with Crippen molar-refractivity contribution in [1.29, 1.82) is 0 Å². The van der Waals surface area contributed by atoms with E-state index >= 15 is 0 Å². The molecule has 1 aromatic rings. The van der Waals surface area contributed by atoms with Gasteiger partial charge in [-0.25, -0.2) is 0 Å². The van der Waals surface area contributed by atoms with E-state index < -0.39 is 0 Å². The Bertz CT molecular complexity index is 422. The van der Waals surface area contributed by atoms with Crippen molar-refractivity contribution in [2.24, 2.45) is 0 Å². The second-order valence-electron chi connectivity index (χ2n) is 5.61. The predicted molar refractivity (Wildman–Crippen MR) is 76.5 cm³/mol. The Hall–Kier alpha value is -1.55. The highest BCUT2D eigenvalue weighted by Crippen LogP contribution is 2.24. The summed E-state index contributed by atoms with van der Waals surface area (Å²) in [7, 11) is 0. The summed E-state index contributed by atoms with van der Waals surface area (Å²) in [5.74, 6) is 0.483. The van der Waals surface area contributed by atoms with Crippen LogP contribution in [0.15, 0.2) is 24.3 Å².